The van der Waals surface area contributed by atoms with Gasteiger partial charge in [-0.15, -0.1) is 0 Å². The van der Waals surface area contributed by atoms with E-state index in [1.807, 2.05) is 18.3 Å². The summed E-state index contributed by atoms with van der Waals surface area (Å²) in [5, 5.41) is 0. The van der Waals surface area contributed by atoms with Crippen molar-refractivity contribution in [3.05, 3.63) is 53.7 Å². The Hall–Kier alpha value is -1.77. The summed E-state index contributed by atoms with van der Waals surface area (Å²) < 4.78 is 26.6. The van der Waals surface area contributed by atoms with Crippen LogP contribution in [-0.4, -0.2) is 10.9 Å². The number of halogens is 2. The number of hydrogen-bond acceptors (Lipinski definition) is 1. The molecule has 1 aliphatic rings. The second kappa shape index (κ2) is 6.27. The van der Waals surface area contributed by atoms with Crippen molar-refractivity contribution in [3.63, 3.8) is 0 Å². The first-order chi connectivity index (χ1) is 11.2. The van der Waals surface area contributed by atoms with Gasteiger partial charge in [-0.1, -0.05) is 51.1 Å². The molecule has 1 aromatic heterocycles. The summed E-state index contributed by atoms with van der Waals surface area (Å²) in [5.41, 5.74) is 4.54. The summed E-state index contributed by atoms with van der Waals surface area (Å²) in [7, 11) is 0. The van der Waals surface area contributed by atoms with Crippen molar-refractivity contribution in [2.24, 2.45) is 0 Å². The standard InChI is InChI=1S/C21H25F2N/c1-20(2,3)18-7-4-16(5-8-18)19-9-6-17(14-24-19)15-10-12-21(22,23)13-11-15/h4-9,14-15H,10-13H2,1-3H3. The number of pyridine rings is 1. The van der Waals surface area contributed by atoms with Crippen LogP contribution in [0.3, 0.4) is 0 Å². The highest BCUT2D eigenvalue weighted by molar-refractivity contribution is 5.59. The molecule has 128 valence electrons. The van der Waals surface area contributed by atoms with E-state index in [0.717, 1.165) is 16.8 Å². The van der Waals surface area contributed by atoms with Gasteiger partial charge in [0.15, 0.2) is 0 Å². The fraction of sp³-hybridized carbons (Fsp3) is 0.476. The van der Waals surface area contributed by atoms with Gasteiger partial charge in [-0.3, -0.25) is 4.98 Å². The highest BCUT2D eigenvalue weighted by Gasteiger charge is 2.35. The highest BCUT2D eigenvalue weighted by atomic mass is 19.3. The van der Waals surface area contributed by atoms with Crippen LogP contribution < -0.4 is 0 Å². The van der Waals surface area contributed by atoms with Crippen molar-refractivity contribution in [2.45, 2.75) is 63.7 Å². The minimum atomic E-state index is -2.47. The van der Waals surface area contributed by atoms with Crippen LogP contribution in [0.2, 0.25) is 0 Å². The van der Waals surface area contributed by atoms with Crippen molar-refractivity contribution in [1.29, 1.82) is 0 Å². The summed E-state index contributed by atoms with van der Waals surface area (Å²) in [6.07, 6.45) is 2.95. The van der Waals surface area contributed by atoms with Crippen LogP contribution in [0.1, 0.15) is 63.5 Å². The molecule has 0 radical (unpaired) electrons. The third-order valence-corrected chi connectivity index (χ3v) is 5.02. The topological polar surface area (TPSA) is 12.9 Å². The zero-order valence-electron chi connectivity index (χ0n) is 14.7. The van der Waals surface area contributed by atoms with Gasteiger partial charge in [-0.05, 0) is 41.4 Å². The maximum atomic E-state index is 13.3. The van der Waals surface area contributed by atoms with E-state index in [9.17, 15) is 8.78 Å². The fourth-order valence-electron chi connectivity index (χ4n) is 3.33. The molecule has 1 nitrogen and oxygen atoms in total. The number of nitrogens with zero attached hydrogens (tertiary/aromatic N) is 1. The quantitative estimate of drug-likeness (QED) is 0.626. The van der Waals surface area contributed by atoms with Crippen LogP contribution in [0.4, 0.5) is 8.78 Å². The van der Waals surface area contributed by atoms with E-state index in [1.165, 1.54) is 5.56 Å². The van der Waals surface area contributed by atoms with Crippen LogP contribution in [0.5, 0.6) is 0 Å². The van der Waals surface area contributed by atoms with Crippen LogP contribution >= 0.6 is 0 Å². The molecule has 2 aromatic rings. The maximum Gasteiger partial charge on any atom is 0.248 e. The van der Waals surface area contributed by atoms with Crippen molar-refractivity contribution < 1.29 is 8.78 Å². The molecule has 0 atom stereocenters. The summed E-state index contributed by atoms with van der Waals surface area (Å²) in [5.74, 6) is -2.26. The zero-order chi connectivity index (χ0) is 17.4. The number of rotatable bonds is 2. The molecule has 1 aliphatic carbocycles. The van der Waals surface area contributed by atoms with E-state index >= 15 is 0 Å². The molecule has 1 fully saturated rings. The van der Waals surface area contributed by atoms with Crippen LogP contribution in [0.25, 0.3) is 11.3 Å². The first-order valence-electron chi connectivity index (χ1n) is 8.69. The maximum absolute atomic E-state index is 13.3. The smallest absolute Gasteiger partial charge is 0.248 e. The Labute approximate surface area is 143 Å². The summed E-state index contributed by atoms with van der Waals surface area (Å²) >= 11 is 0. The van der Waals surface area contributed by atoms with Crippen molar-refractivity contribution >= 4 is 0 Å². The molecular formula is C21H25F2N. The Morgan fingerprint density at radius 2 is 1.58 bits per heavy atom. The van der Waals surface area contributed by atoms with Gasteiger partial charge in [-0.25, -0.2) is 8.78 Å². The molecule has 24 heavy (non-hydrogen) atoms. The number of alkyl halides is 2. The molecule has 0 amide bonds. The Balaban J connectivity index is 1.73. The first kappa shape index (κ1) is 17.1. The van der Waals surface area contributed by atoms with Gasteiger partial charge < -0.3 is 0 Å². The molecule has 1 aromatic carbocycles. The lowest BCUT2D eigenvalue weighted by molar-refractivity contribution is -0.0382. The van der Waals surface area contributed by atoms with E-state index in [4.69, 9.17) is 0 Å². The van der Waals surface area contributed by atoms with Crippen LogP contribution in [-0.2, 0) is 5.41 Å². The van der Waals surface area contributed by atoms with E-state index in [-0.39, 0.29) is 24.2 Å². The normalized spacial score (nSPS) is 18.5. The highest BCUT2D eigenvalue weighted by Crippen LogP contribution is 2.40. The third kappa shape index (κ3) is 3.82. The largest absolute Gasteiger partial charge is 0.256 e. The predicted octanol–water partition coefficient (Wildman–Crippen LogP) is 6.34. The number of benzene rings is 1. The van der Waals surface area contributed by atoms with Crippen LogP contribution in [0, 0.1) is 0 Å². The minimum absolute atomic E-state index is 0.00627. The van der Waals surface area contributed by atoms with Crippen molar-refractivity contribution in [1.82, 2.24) is 4.98 Å². The SMILES string of the molecule is CC(C)(C)c1ccc(-c2ccc(C3CCC(F)(F)CC3)cn2)cc1. The van der Waals surface area contributed by atoms with E-state index in [2.05, 4.69) is 50.0 Å². The number of aromatic nitrogens is 1. The molecule has 0 N–H and O–H groups in total. The summed E-state index contributed by atoms with van der Waals surface area (Å²) in [6.45, 7) is 6.59. The van der Waals surface area contributed by atoms with Crippen LogP contribution in [0.15, 0.2) is 42.6 Å². The molecule has 0 aliphatic heterocycles. The van der Waals surface area contributed by atoms with Gasteiger partial charge in [0.25, 0.3) is 0 Å². The Morgan fingerprint density at radius 1 is 0.958 bits per heavy atom. The molecular weight excluding hydrogens is 304 g/mol. The summed E-state index contributed by atoms with van der Waals surface area (Å²) in [4.78, 5) is 4.56. The second-order valence-electron chi connectivity index (χ2n) is 7.93. The lowest BCUT2D eigenvalue weighted by Gasteiger charge is -2.28. The van der Waals surface area contributed by atoms with Crippen molar-refractivity contribution in [3.8, 4) is 11.3 Å². The second-order valence-corrected chi connectivity index (χ2v) is 7.93. The van der Waals surface area contributed by atoms with Crippen molar-refractivity contribution in [2.75, 3.05) is 0 Å². The summed E-state index contributed by atoms with van der Waals surface area (Å²) in [6, 6.07) is 12.6. The molecule has 0 unspecified atom stereocenters. The molecule has 1 heterocycles. The van der Waals surface area contributed by atoms with E-state index in [0.29, 0.717) is 12.8 Å². The monoisotopic (exact) mass is 329 g/mol. The van der Waals surface area contributed by atoms with Gasteiger partial charge in [0.05, 0.1) is 5.69 Å². The molecule has 1 saturated carbocycles. The van der Waals surface area contributed by atoms with Gasteiger partial charge >= 0.3 is 0 Å². The van der Waals surface area contributed by atoms with Gasteiger partial charge in [0, 0.05) is 24.6 Å². The van der Waals surface area contributed by atoms with Gasteiger partial charge in [0.1, 0.15) is 0 Å². The average molecular weight is 329 g/mol. The average Bonchev–Trinajstić information content (AvgIpc) is 2.54. The molecule has 3 rings (SSSR count). The minimum Gasteiger partial charge on any atom is -0.256 e. The Morgan fingerprint density at radius 3 is 2.08 bits per heavy atom. The molecule has 0 saturated heterocycles. The lowest BCUT2D eigenvalue weighted by Crippen LogP contribution is -2.23. The molecule has 3 heteroatoms. The van der Waals surface area contributed by atoms with Gasteiger partial charge in [0.2, 0.25) is 5.92 Å². The zero-order valence-corrected chi connectivity index (χ0v) is 14.7. The first-order valence-corrected chi connectivity index (χ1v) is 8.69. The molecule has 0 spiro atoms. The lowest BCUT2D eigenvalue weighted by atomic mass is 9.83. The third-order valence-electron chi connectivity index (χ3n) is 5.02. The van der Waals surface area contributed by atoms with E-state index < -0.39 is 5.92 Å². The Bertz CT molecular complexity index is 671. The Kier molecular flexibility index (Phi) is 4.46. The fourth-order valence-corrected chi connectivity index (χ4v) is 3.33. The number of hydrogen-bond donors (Lipinski definition) is 0. The predicted molar refractivity (Wildman–Crippen MR) is 94.5 cm³/mol. The van der Waals surface area contributed by atoms with E-state index in [1.54, 1.807) is 0 Å². The van der Waals surface area contributed by atoms with Gasteiger partial charge in [-0.2, -0.15) is 0 Å². The molecule has 0 bridgehead atoms.